The topological polar surface area (TPSA) is 82.7 Å². The minimum absolute atomic E-state index is 0.239. The summed E-state index contributed by atoms with van der Waals surface area (Å²) in [4.78, 5) is 24.0. The van der Waals surface area contributed by atoms with Crippen LogP contribution >= 0.6 is 15.9 Å². The van der Waals surface area contributed by atoms with Gasteiger partial charge in [-0.2, -0.15) is 0 Å². The Labute approximate surface area is 140 Å². The van der Waals surface area contributed by atoms with Crippen molar-refractivity contribution in [1.82, 2.24) is 20.3 Å². The Kier molecular flexibility index (Phi) is 3.59. The fraction of sp³-hybridized carbons (Fsp3) is 0.188. The van der Waals surface area contributed by atoms with Crippen LogP contribution in [0.4, 0.5) is 5.69 Å². The molecule has 1 aliphatic heterocycles. The van der Waals surface area contributed by atoms with Crippen LogP contribution in [-0.4, -0.2) is 27.4 Å². The van der Waals surface area contributed by atoms with Crippen LogP contribution in [0.15, 0.2) is 35.2 Å². The predicted octanol–water partition coefficient (Wildman–Crippen LogP) is 2.62. The number of halogens is 1. The molecule has 116 valence electrons. The van der Waals surface area contributed by atoms with Crippen molar-refractivity contribution >= 4 is 38.6 Å². The van der Waals surface area contributed by atoms with Gasteiger partial charge in [-0.05, 0) is 46.1 Å². The summed E-state index contributed by atoms with van der Waals surface area (Å²) in [7, 11) is 0. The third-order valence-corrected chi connectivity index (χ3v) is 4.66. The molecule has 3 heterocycles. The van der Waals surface area contributed by atoms with Crippen LogP contribution in [0, 0.1) is 0 Å². The maximum atomic E-state index is 12.7. The lowest BCUT2D eigenvalue weighted by molar-refractivity contribution is 0.102. The Morgan fingerprint density at radius 1 is 1.30 bits per heavy atom. The fourth-order valence-electron chi connectivity index (χ4n) is 2.91. The normalized spacial score (nSPS) is 13.8. The molecule has 1 aliphatic rings. The average Bonchev–Trinajstić information content (AvgIpc) is 2.97. The summed E-state index contributed by atoms with van der Waals surface area (Å²) in [6, 6.07) is 6.01. The van der Waals surface area contributed by atoms with Gasteiger partial charge in [-0.3, -0.25) is 4.79 Å². The maximum Gasteiger partial charge on any atom is 0.275 e. The minimum atomic E-state index is -0.239. The van der Waals surface area contributed by atoms with Crippen molar-refractivity contribution in [3.63, 3.8) is 0 Å². The lowest BCUT2D eigenvalue weighted by Gasteiger charge is -2.20. The lowest BCUT2D eigenvalue weighted by Crippen LogP contribution is -2.25. The second kappa shape index (κ2) is 5.75. The Morgan fingerprint density at radius 2 is 2.22 bits per heavy atom. The van der Waals surface area contributed by atoms with Gasteiger partial charge in [-0.15, -0.1) is 0 Å². The zero-order valence-electron chi connectivity index (χ0n) is 12.2. The van der Waals surface area contributed by atoms with Crippen molar-refractivity contribution in [3.8, 4) is 0 Å². The molecule has 0 radical (unpaired) electrons. The first-order valence-electron chi connectivity index (χ1n) is 7.34. The van der Waals surface area contributed by atoms with Gasteiger partial charge in [-0.1, -0.05) is 12.1 Å². The number of rotatable bonds is 2. The van der Waals surface area contributed by atoms with Crippen molar-refractivity contribution < 1.29 is 4.79 Å². The number of hydrogen-bond acceptors (Lipinski definition) is 4. The molecule has 7 heteroatoms. The zero-order valence-corrected chi connectivity index (χ0v) is 13.8. The summed E-state index contributed by atoms with van der Waals surface area (Å²) in [5, 5.41) is 7.02. The smallest absolute Gasteiger partial charge is 0.275 e. The molecular formula is C16H14BrN5O. The lowest BCUT2D eigenvalue weighted by atomic mass is 9.99. The minimum Gasteiger partial charge on any atom is -0.345 e. The van der Waals surface area contributed by atoms with Crippen molar-refractivity contribution in [2.24, 2.45) is 0 Å². The number of aromatic nitrogens is 3. The maximum absolute atomic E-state index is 12.7. The van der Waals surface area contributed by atoms with E-state index >= 15 is 0 Å². The summed E-state index contributed by atoms with van der Waals surface area (Å²) in [5.74, 6) is -0.239. The van der Waals surface area contributed by atoms with E-state index in [0.717, 1.165) is 35.2 Å². The molecule has 4 rings (SSSR count). The van der Waals surface area contributed by atoms with Gasteiger partial charge in [-0.25, -0.2) is 9.97 Å². The van der Waals surface area contributed by atoms with Crippen LogP contribution in [0.2, 0.25) is 0 Å². The Morgan fingerprint density at radius 3 is 3.13 bits per heavy atom. The Bertz CT molecular complexity index is 905. The second-order valence-corrected chi connectivity index (χ2v) is 6.26. The van der Waals surface area contributed by atoms with E-state index in [0.29, 0.717) is 16.7 Å². The second-order valence-electron chi connectivity index (χ2n) is 5.41. The third-order valence-electron chi connectivity index (χ3n) is 4.03. The number of amides is 1. The molecule has 2 aromatic heterocycles. The Balaban J connectivity index is 1.72. The molecule has 0 atom stereocenters. The number of aromatic amines is 1. The first-order chi connectivity index (χ1) is 11.2. The molecular weight excluding hydrogens is 358 g/mol. The highest BCUT2D eigenvalue weighted by atomic mass is 79.9. The molecule has 1 amide bonds. The number of hydrogen-bond donors (Lipinski definition) is 3. The molecule has 3 N–H and O–H groups in total. The molecule has 3 aromatic rings. The van der Waals surface area contributed by atoms with Crippen molar-refractivity contribution in [3.05, 3.63) is 52.0 Å². The van der Waals surface area contributed by atoms with Gasteiger partial charge in [0.15, 0.2) is 0 Å². The van der Waals surface area contributed by atoms with Crippen LogP contribution in [-0.2, 0) is 13.0 Å². The average molecular weight is 372 g/mol. The first kappa shape index (κ1) is 14.3. The standard InChI is InChI=1S/C16H14BrN5O/c17-11-7-19-15-13(11)14(20-8-21-15)16(23)22-12-3-1-2-9-4-5-18-6-10(9)12/h1-3,7-8,18H,4-6H2,(H,22,23)(H,19,20,21). The van der Waals surface area contributed by atoms with Crippen LogP contribution in [0.25, 0.3) is 11.0 Å². The zero-order chi connectivity index (χ0) is 15.8. The highest BCUT2D eigenvalue weighted by molar-refractivity contribution is 9.10. The number of carbonyl (C=O) groups is 1. The summed E-state index contributed by atoms with van der Waals surface area (Å²) < 4.78 is 0.773. The quantitative estimate of drug-likeness (QED) is 0.646. The van der Waals surface area contributed by atoms with Gasteiger partial charge in [0.1, 0.15) is 17.7 Å². The Hall–Kier alpha value is -2.25. The van der Waals surface area contributed by atoms with Gasteiger partial charge in [0, 0.05) is 22.9 Å². The van der Waals surface area contributed by atoms with Crippen molar-refractivity contribution in [2.75, 3.05) is 11.9 Å². The van der Waals surface area contributed by atoms with Gasteiger partial charge in [0.2, 0.25) is 0 Å². The molecule has 6 nitrogen and oxygen atoms in total. The number of carbonyl (C=O) groups excluding carboxylic acids is 1. The molecule has 0 saturated carbocycles. The van der Waals surface area contributed by atoms with E-state index in [9.17, 15) is 4.79 Å². The van der Waals surface area contributed by atoms with Crippen molar-refractivity contribution in [2.45, 2.75) is 13.0 Å². The monoisotopic (exact) mass is 371 g/mol. The van der Waals surface area contributed by atoms with E-state index in [1.165, 1.54) is 11.9 Å². The van der Waals surface area contributed by atoms with Gasteiger partial charge < -0.3 is 15.6 Å². The van der Waals surface area contributed by atoms with E-state index in [1.54, 1.807) is 6.20 Å². The highest BCUT2D eigenvalue weighted by Gasteiger charge is 2.19. The fourth-order valence-corrected chi connectivity index (χ4v) is 3.40. The first-order valence-corrected chi connectivity index (χ1v) is 8.14. The summed E-state index contributed by atoms with van der Waals surface area (Å²) in [5.41, 5.74) is 4.24. The SMILES string of the molecule is O=C(Nc1cccc2c1CNCC2)c1ncnc2[nH]cc(Br)c12. The van der Waals surface area contributed by atoms with Gasteiger partial charge >= 0.3 is 0 Å². The molecule has 1 aromatic carbocycles. The van der Waals surface area contributed by atoms with E-state index in [2.05, 4.69) is 47.6 Å². The largest absolute Gasteiger partial charge is 0.345 e. The molecule has 0 aliphatic carbocycles. The predicted molar refractivity (Wildman–Crippen MR) is 91.4 cm³/mol. The number of nitrogens with zero attached hydrogens (tertiary/aromatic N) is 2. The van der Waals surface area contributed by atoms with E-state index in [1.807, 2.05) is 12.1 Å². The molecule has 0 fully saturated rings. The van der Waals surface area contributed by atoms with Crippen LogP contribution < -0.4 is 10.6 Å². The van der Waals surface area contributed by atoms with E-state index in [-0.39, 0.29) is 5.91 Å². The van der Waals surface area contributed by atoms with E-state index in [4.69, 9.17) is 0 Å². The number of fused-ring (bicyclic) bond motifs is 2. The summed E-state index contributed by atoms with van der Waals surface area (Å²) in [6.07, 6.45) is 4.12. The third kappa shape index (κ3) is 2.51. The number of nitrogens with one attached hydrogen (secondary N) is 3. The van der Waals surface area contributed by atoms with Crippen LogP contribution in [0.3, 0.4) is 0 Å². The highest BCUT2D eigenvalue weighted by Crippen LogP contribution is 2.27. The van der Waals surface area contributed by atoms with Crippen molar-refractivity contribution in [1.29, 1.82) is 0 Å². The van der Waals surface area contributed by atoms with Gasteiger partial charge in [0.05, 0.1) is 5.39 Å². The number of anilines is 1. The van der Waals surface area contributed by atoms with Crippen LogP contribution in [0.1, 0.15) is 21.6 Å². The molecule has 0 spiro atoms. The molecule has 0 saturated heterocycles. The molecule has 0 unspecified atom stereocenters. The summed E-state index contributed by atoms with van der Waals surface area (Å²) >= 11 is 3.43. The van der Waals surface area contributed by atoms with Crippen LogP contribution in [0.5, 0.6) is 0 Å². The molecule has 23 heavy (non-hydrogen) atoms. The van der Waals surface area contributed by atoms with Gasteiger partial charge in [0.25, 0.3) is 5.91 Å². The summed E-state index contributed by atoms with van der Waals surface area (Å²) in [6.45, 7) is 1.73. The van der Waals surface area contributed by atoms with E-state index < -0.39 is 0 Å². The number of benzene rings is 1. The number of H-pyrrole nitrogens is 1. The molecule has 0 bridgehead atoms.